The molecular formula is C8H11N3O3S. The molecule has 15 heavy (non-hydrogen) atoms. The highest BCUT2D eigenvalue weighted by Gasteiger charge is 2.19. The molecule has 0 radical (unpaired) electrons. The lowest BCUT2D eigenvalue weighted by Crippen LogP contribution is -2.35. The summed E-state index contributed by atoms with van der Waals surface area (Å²) >= 11 is 0.967. The van der Waals surface area contributed by atoms with Gasteiger partial charge in [0.05, 0.1) is 6.20 Å². The third-order valence-electron chi connectivity index (χ3n) is 1.68. The fraction of sp³-hybridized carbons (Fsp3) is 0.500. The first-order valence-corrected chi connectivity index (χ1v) is 5.21. The zero-order chi connectivity index (χ0) is 11.3. The number of carboxylic acid groups (broad SMARTS) is 1. The molecule has 1 heterocycles. The Balaban J connectivity index is 2.71. The second-order valence-electron chi connectivity index (χ2n) is 2.90. The Morgan fingerprint density at radius 3 is 2.80 bits per heavy atom. The minimum atomic E-state index is -1.02. The number of nitrogens with zero attached hydrogens (tertiary/aromatic N) is 3. The highest BCUT2D eigenvalue weighted by atomic mass is 32.1. The molecule has 0 spiro atoms. The van der Waals surface area contributed by atoms with Crippen molar-refractivity contribution in [3.63, 3.8) is 0 Å². The number of amides is 1. The first-order chi connectivity index (χ1) is 7.15. The topological polar surface area (TPSA) is 83.4 Å². The zero-order valence-electron chi connectivity index (χ0n) is 8.21. The standard InChI is InChI=1S/C8H11N3O3S/c1-2-3-11(5-7(12)13)8(14)6-4-9-10-15-6/h4H,2-3,5H2,1H3,(H,12,13). The minimum Gasteiger partial charge on any atom is -0.480 e. The third kappa shape index (κ3) is 3.28. The van der Waals surface area contributed by atoms with Gasteiger partial charge in [-0.2, -0.15) is 0 Å². The number of hydrogen-bond donors (Lipinski definition) is 1. The van der Waals surface area contributed by atoms with Crippen LogP contribution in [0.3, 0.4) is 0 Å². The van der Waals surface area contributed by atoms with Gasteiger partial charge in [-0.1, -0.05) is 11.4 Å². The molecular weight excluding hydrogens is 218 g/mol. The van der Waals surface area contributed by atoms with Crippen LogP contribution in [0.5, 0.6) is 0 Å². The largest absolute Gasteiger partial charge is 0.480 e. The molecule has 1 aromatic heterocycles. The lowest BCUT2D eigenvalue weighted by atomic mass is 10.3. The van der Waals surface area contributed by atoms with Crippen LogP contribution in [0.1, 0.15) is 23.0 Å². The maximum absolute atomic E-state index is 11.7. The summed E-state index contributed by atoms with van der Waals surface area (Å²) in [5.74, 6) is -1.34. The van der Waals surface area contributed by atoms with Crippen LogP contribution in [0, 0.1) is 0 Å². The Hall–Kier alpha value is -1.50. The molecule has 6 nitrogen and oxygen atoms in total. The Morgan fingerprint density at radius 2 is 2.33 bits per heavy atom. The molecule has 0 fully saturated rings. The summed E-state index contributed by atoms with van der Waals surface area (Å²) in [5, 5.41) is 12.2. The van der Waals surface area contributed by atoms with Crippen LogP contribution in [0.2, 0.25) is 0 Å². The monoisotopic (exact) mass is 229 g/mol. The second-order valence-corrected chi connectivity index (χ2v) is 3.69. The van der Waals surface area contributed by atoms with Crippen molar-refractivity contribution < 1.29 is 14.7 Å². The number of rotatable bonds is 5. The number of carbonyl (C=O) groups is 2. The summed E-state index contributed by atoms with van der Waals surface area (Å²) in [5.41, 5.74) is 0. The maximum atomic E-state index is 11.7. The molecule has 1 N–H and O–H groups in total. The van der Waals surface area contributed by atoms with Gasteiger partial charge < -0.3 is 10.0 Å². The average Bonchev–Trinajstić information content (AvgIpc) is 2.68. The summed E-state index contributed by atoms with van der Waals surface area (Å²) in [6, 6.07) is 0. The van der Waals surface area contributed by atoms with E-state index >= 15 is 0 Å². The zero-order valence-corrected chi connectivity index (χ0v) is 9.03. The number of aliphatic carboxylic acids is 1. The summed E-state index contributed by atoms with van der Waals surface area (Å²) in [4.78, 5) is 23.9. The molecule has 0 aliphatic heterocycles. The number of carbonyl (C=O) groups excluding carboxylic acids is 1. The highest BCUT2D eigenvalue weighted by molar-refractivity contribution is 7.07. The number of carboxylic acids is 1. The van der Waals surface area contributed by atoms with Gasteiger partial charge in [0, 0.05) is 6.54 Å². The molecule has 1 rings (SSSR count). The van der Waals surface area contributed by atoms with E-state index in [0.29, 0.717) is 17.8 Å². The highest BCUT2D eigenvalue weighted by Crippen LogP contribution is 2.07. The Morgan fingerprint density at radius 1 is 1.60 bits per heavy atom. The molecule has 0 saturated carbocycles. The lowest BCUT2D eigenvalue weighted by molar-refractivity contribution is -0.137. The van der Waals surface area contributed by atoms with Gasteiger partial charge in [-0.3, -0.25) is 9.59 Å². The van der Waals surface area contributed by atoms with Gasteiger partial charge in [-0.15, -0.1) is 5.10 Å². The predicted octanol–water partition coefficient (Wildman–Crippen LogP) is 0.475. The number of aromatic nitrogens is 2. The van der Waals surface area contributed by atoms with E-state index in [-0.39, 0.29) is 12.5 Å². The van der Waals surface area contributed by atoms with Crippen LogP contribution in [-0.4, -0.2) is 44.6 Å². The summed E-state index contributed by atoms with van der Waals surface area (Å²) in [6.07, 6.45) is 2.06. The van der Waals surface area contributed by atoms with E-state index in [2.05, 4.69) is 9.59 Å². The number of hydrogen-bond acceptors (Lipinski definition) is 5. The first-order valence-electron chi connectivity index (χ1n) is 4.43. The van der Waals surface area contributed by atoms with Gasteiger partial charge in [0.25, 0.3) is 5.91 Å². The normalized spacial score (nSPS) is 9.93. The molecule has 0 atom stereocenters. The van der Waals surface area contributed by atoms with E-state index in [4.69, 9.17) is 5.11 Å². The maximum Gasteiger partial charge on any atom is 0.323 e. The molecule has 1 amide bonds. The predicted molar refractivity (Wildman–Crippen MR) is 53.7 cm³/mol. The smallest absolute Gasteiger partial charge is 0.323 e. The van der Waals surface area contributed by atoms with Crippen LogP contribution in [-0.2, 0) is 4.79 Å². The van der Waals surface area contributed by atoms with Gasteiger partial charge in [-0.05, 0) is 18.0 Å². The molecule has 7 heteroatoms. The van der Waals surface area contributed by atoms with E-state index in [9.17, 15) is 9.59 Å². The van der Waals surface area contributed by atoms with Crippen molar-refractivity contribution in [2.24, 2.45) is 0 Å². The van der Waals surface area contributed by atoms with Crippen molar-refractivity contribution in [3.8, 4) is 0 Å². The second kappa shape index (κ2) is 5.40. The molecule has 82 valence electrons. The summed E-state index contributed by atoms with van der Waals surface area (Å²) in [7, 11) is 0. The Bertz CT molecular complexity index is 339. The van der Waals surface area contributed by atoms with E-state index in [0.717, 1.165) is 11.5 Å². The van der Waals surface area contributed by atoms with E-state index in [1.165, 1.54) is 11.1 Å². The fourth-order valence-corrected chi connectivity index (χ4v) is 1.59. The quantitative estimate of drug-likeness (QED) is 0.793. The fourth-order valence-electron chi connectivity index (χ4n) is 1.10. The van der Waals surface area contributed by atoms with E-state index < -0.39 is 5.97 Å². The molecule has 0 aliphatic rings. The molecule has 0 unspecified atom stereocenters. The Kier molecular flexibility index (Phi) is 4.17. The van der Waals surface area contributed by atoms with Crippen LogP contribution in [0.15, 0.2) is 6.20 Å². The average molecular weight is 229 g/mol. The van der Waals surface area contributed by atoms with E-state index in [1.54, 1.807) is 0 Å². The van der Waals surface area contributed by atoms with Gasteiger partial charge in [0.1, 0.15) is 11.4 Å². The van der Waals surface area contributed by atoms with Gasteiger partial charge in [0.15, 0.2) is 0 Å². The van der Waals surface area contributed by atoms with Crippen molar-refractivity contribution >= 4 is 23.4 Å². The van der Waals surface area contributed by atoms with Crippen molar-refractivity contribution in [3.05, 3.63) is 11.1 Å². The van der Waals surface area contributed by atoms with Crippen LogP contribution in [0.25, 0.3) is 0 Å². The molecule has 1 aromatic rings. The summed E-state index contributed by atoms with van der Waals surface area (Å²) < 4.78 is 3.56. The van der Waals surface area contributed by atoms with Crippen molar-refractivity contribution in [1.29, 1.82) is 0 Å². The van der Waals surface area contributed by atoms with Gasteiger partial charge in [-0.25, -0.2) is 0 Å². The molecule has 0 saturated heterocycles. The first kappa shape index (κ1) is 11.6. The van der Waals surface area contributed by atoms with Gasteiger partial charge >= 0.3 is 5.97 Å². The molecule has 0 aromatic carbocycles. The van der Waals surface area contributed by atoms with Crippen molar-refractivity contribution in [2.45, 2.75) is 13.3 Å². The lowest BCUT2D eigenvalue weighted by Gasteiger charge is -2.18. The summed E-state index contributed by atoms with van der Waals surface area (Å²) in [6.45, 7) is 2.01. The minimum absolute atomic E-state index is 0.287. The van der Waals surface area contributed by atoms with E-state index in [1.807, 2.05) is 6.92 Å². The van der Waals surface area contributed by atoms with Crippen LogP contribution >= 0.6 is 11.5 Å². The SMILES string of the molecule is CCCN(CC(=O)O)C(=O)c1cnns1. The third-order valence-corrected chi connectivity index (χ3v) is 2.33. The molecule has 0 aliphatic carbocycles. The van der Waals surface area contributed by atoms with Crippen molar-refractivity contribution in [1.82, 2.24) is 14.5 Å². The molecule has 0 bridgehead atoms. The van der Waals surface area contributed by atoms with Crippen molar-refractivity contribution in [2.75, 3.05) is 13.1 Å². The van der Waals surface area contributed by atoms with Crippen LogP contribution in [0.4, 0.5) is 0 Å². The van der Waals surface area contributed by atoms with Gasteiger partial charge in [0.2, 0.25) is 0 Å². The van der Waals surface area contributed by atoms with Crippen LogP contribution < -0.4 is 0 Å². The Labute approximate surface area is 90.7 Å².